The van der Waals surface area contributed by atoms with Crippen LogP contribution in [-0.2, 0) is 14.3 Å². The predicted molar refractivity (Wildman–Crippen MR) is 65.0 cm³/mol. The van der Waals surface area contributed by atoms with E-state index in [-0.39, 0.29) is 0 Å². The standard InChI is InChI=1S/C10H15N3O4S/c1-7(10(14)15-2)17-9-8(11-18-12-9)13-3-5-16-6-4-13/h7H,3-6H2,1-2H3. The molecule has 0 bridgehead atoms. The lowest BCUT2D eigenvalue weighted by atomic mass is 10.4. The van der Waals surface area contributed by atoms with Crippen LogP contribution < -0.4 is 9.64 Å². The van der Waals surface area contributed by atoms with Crippen molar-refractivity contribution in [2.75, 3.05) is 38.3 Å². The molecule has 0 amide bonds. The second-order valence-corrected chi connectivity index (χ2v) is 4.30. The molecule has 1 aromatic heterocycles. The highest BCUT2D eigenvalue weighted by atomic mass is 32.1. The van der Waals surface area contributed by atoms with E-state index in [1.54, 1.807) is 6.92 Å². The van der Waals surface area contributed by atoms with Crippen molar-refractivity contribution < 1.29 is 19.0 Å². The average Bonchev–Trinajstić information content (AvgIpc) is 2.86. The van der Waals surface area contributed by atoms with Crippen molar-refractivity contribution in [3.8, 4) is 5.88 Å². The minimum Gasteiger partial charge on any atom is -0.466 e. The molecular weight excluding hydrogens is 258 g/mol. The monoisotopic (exact) mass is 273 g/mol. The van der Waals surface area contributed by atoms with Gasteiger partial charge in [0.1, 0.15) is 0 Å². The molecule has 1 aliphatic rings. The van der Waals surface area contributed by atoms with Crippen molar-refractivity contribution in [2.24, 2.45) is 0 Å². The molecule has 2 rings (SSSR count). The smallest absolute Gasteiger partial charge is 0.346 e. The minimum absolute atomic E-state index is 0.375. The molecule has 8 heteroatoms. The Balaban J connectivity index is 2.05. The zero-order valence-corrected chi connectivity index (χ0v) is 11.1. The van der Waals surface area contributed by atoms with Crippen molar-refractivity contribution in [1.29, 1.82) is 0 Å². The van der Waals surface area contributed by atoms with E-state index in [2.05, 4.69) is 13.5 Å². The molecule has 0 spiro atoms. The van der Waals surface area contributed by atoms with Crippen molar-refractivity contribution in [1.82, 2.24) is 8.75 Å². The summed E-state index contributed by atoms with van der Waals surface area (Å²) in [7, 11) is 1.32. The van der Waals surface area contributed by atoms with Crippen molar-refractivity contribution in [3.63, 3.8) is 0 Å². The lowest BCUT2D eigenvalue weighted by molar-refractivity contribution is -0.148. The van der Waals surface area contributed by atoms with E-state index in [9.17, 15) is 4.79 Å². The second kappa shape index (κ2) is 5.96. The SMILES string of the molecule is COC(=O)C(C)Oc1nsnc1N1CCOCC1. The third kappa shape index (κ3) is 2.88. The van der Waals surface area contributed by atoms with E-state index >= 15 is 0 Å². The number of rotatable bonds is 4. The number of morpholine rings is 1. The van der Waals surface area contributed by atoms with Gasteiger partial charge in [0.05, 0.1) is 32.1 Å². The number of carbonyl (C=O) groups excluding carboxylic acids is 1. The number of hydrogen-bond acceptors (Lipinski definition) is 8. The van der Waals surface area contributed by atoms with Crippen LogP contribution >= 0.6 is 11.7 Å². The number of aromatic nitrogens is 2. The van der Waals surface area contributed by atoms with Gasteiger partial charge in [-0.05, 0) is 6.92 Å². The first kappa shape index (κ1) is 13.0. The van der Waals surface area contributed by atoms with E-state index in [0.29, 0.717) is 24.9 Å². The Bertz CT molecular complexity index is 406. The maximum atomic E-state index is 11.3. The van der Waals surface area contributed by atoms with Gasteiger partial charge in [-0.2, -0.15) is 4.37 Å². The van der Waals surface area contributed by atoms with E-state index in [0.717, 1.165) is 24.8 Å². The maximum Gasteiger partial charge on any atom is 0.346 e. The van der Waals surface area contributed by atoms with Crippen LogP contribution in [0, 0.1) is 0 Å². The number of ether oxygens (including phenoxy) is 3. The van der Waals surface area contributed by atoms with Crippen LogP contribution in [0.5, 0.6) is 5.88 Å². The van der Waals surface area contributed by atoms with Gasteiger partial charge in [0.15, 0.2) is 6.10 Å². The third-order valence-corrected chi connectivity index (χ3v) is 3.08. The lowest BCUT2D eigenvalue weighted by Gasteiger charge is -2.27. The summed E-state index contributed by atoms with van der Waals surface area (Å²) in [5, 5.41) is 0. The molecule has 1 aromatic rings. The van der Waals surface area contributed by atoms with E-state index in [4.69, 9.17) is 9.47 Å². The maximum absolute atomic E-state index is 11.3. The van der Waals surface area contributed by atoms with Crippen LogP contribution in [0.3, 0.4) is 0 Å². The summed E-state index contributed by atoms with van der Waals surface area (Å²) < 4.78 is 23.6. The van der Waals surface area contributed by atoms with Crippen LogP contribution in [-0.4, -0.2) is 54.2 Å². The van der Waals surface area contributed by atoms with Crippen LogP contribution in [0.2, 0.25) is 0 Å². The van der Waals surface area contributed by atoms with E-state index in [1.165, 1.54) is 7.11 Å². The molecule has 0 aromatic carbocycles. The third-order valence-electron chi connectivity index (χ3n) is 2.57. The van der Waals surface area contributed by atoms with Crippen molar-refractivity contribution >= 4 is 23.5 Å². The fourth-order valence-electron chi connectivity index (χ4n) is 1.60. The molecule has 1 unspecified atom stereocenters. The highest BCUT2D eigenvalue weighted by molar-refractivity contribution is 6.99. The summed E-state index contributed by atoms with van der Waals surface area (Å²) in [5.41, 5.74) is 0. The largest absolute Gasteiger partial charge is 0.466 e. The predicted octanol–water partition coefficient (Wildman–Crippen LogP) is 0.315. The minimum atomic E-state index is -0.696. The number of esters is 1. The summed E-state index contributed by atoms with van der Waals surface area (Å²) in [6, 6.07) is 0. The molecule has 1 saturated heterocycles. The average molecular weight is 273 g/mol. The van der Waals surface area contributed by atoms with Gasteiger partial charge in [-0.3, -0.25) is 0 Å². The highest BCUT2D eigenvalue weighted by Crippen LogP contribution is 2.27. The summed E-state index contributed by atoms with van der Waals surface area (Å²) in [5.74, 6) is 0.606. The first-order valence-corrected chi connectivity index (χ1v) is 6.35. The zero-order chi connectivity index (χ0) is 13.0. The Morgan fingerprint density at radius 2 is 2.17 bits per heavy atom. The topological polar surface area (TPSA) is 73.8 Å². The van der Waals surface area contributed by atoms with Gasteiger partial charge in [-0.25, -0.2) is 4.79 Å². The van der Waals surface area contributed by atoms with Crippen LogP contribution in [0.1, 0.15) is 6.92 Å². The Labute approximate surface area is 109 Å². The zero-order valence-electron chi connectivity index (χ0n) is 10.3. The molecule has 0 radical (unpaired) electrons. The quantitative estimate of drug-likeness (QED) is 0.731. The summed E-state index contributed by atoms with van der Waals surface area (Å²) in [6.45, 7) is 4.42. The molecule has 2 heterocycles. The summed E-state index contributed by atoms with van der Waals surface area (Å²) in [4.78, 5) is 13.3. The van der Waals surface area contributed by atoms with Crippen molar-refractivity contribution in [3.05, 3.63) is 0 Å². The molecule has 1 aliphatic heterocycles. The summed E-state index contributed by atoms with van der Waals surface area (Å²) >= 11 is 1.06. The van der Waals surface area contributed by atoms with Gasteiger partial charge < -0.3 is 19.1 Å². The fraction of sp³-hybridized carbons (Fsp3) is 0.700. The van der Waals surface area contributed by atoms with Gasteiger partial charge in [0.25, 0.3) is 5.88 Å². The molecule has 100 valence electrons. The number of anilines is 1. The lowest BCUT2D eigenvalue weighted by Crippen LogP contribution is -2.37. The van der Waals surface area contributed by atoms with Crippen LogP contribution in [0.4, 0.5) is 5.82 Å². The first-order valence-electron chi connectivity index (χ1n) is 5.62. The fourth-order valence-corrected chi connectivity index (χ4v) is 2.11. The van der Waals surface area contributed by atoms with Gasteiger partial charge in [0.2, 0.25) is 5.82 Å². The molecule has 0 N–H and O–H groups in total. The number of nitrogens with zero attached hydrogens (tertiary/aromatic N) is 3. The Morgan fingerprint density at radius 3 is 2.83 bits per heavy atom. The Morgan fingerprint density at radius 1 is 1.44 bits per heavy atom. The normalized spacial score (nSPS) is 17.3. The summed E-state index contributed by atoms with van der Waals surface area (Å²) in [6.07, 6.45) is -0.696. The van der Waals surface area contributed by atoms with Gasteiger partial charge in [-0.1, -0.05) is 0 Å². The molecule has 0 saturated carbocycles. The molecular formula is C10H15N3O4S. The van der Waals surface area contributed by atoms with Gasteiger partial charge in [-0.15, -0.1) is 4.37 Å². The molecule has 18 heavy (non-hydrogen) atoms. The number of methoxy groups -OCH3 is 1. The van der Waals surface area contributed by atoms with E-state index < -0.39 is 12.1 Å². The molecule has 1 fully saturated rings. The molecule has 1 atom stereocenters. The van der Waals surface area contributed by atoms with Crippen LogP contribution in [0.25, 0.3) is 0 Å². The number of hydrogen-bond donors (Lipinski definition) is 0. The van der Waals surface area contributed by atoms with Crippen molar-refractivity contribution in [2.45, 2.75) is 13.0 Å². The van der Waals surface area contributed by atoms with Gasteiger partial charge in [0, 0.05) is 13.1 Å². The van der Waals surface area contributed by atoms with E-state index in [1.807, 2.05) is 4.90 Å². The second-order valence-electron chi connectivity index (χ2n) is 3.78. The van der Waals surface area contributed by atoms with Gasteiger partial charge >= 0.3 is 5.97 Å². The number of carbonyl (C=O) groups is 1. The molecule has 7 nitrogen and oxygen atoms in total. The molecule has 0 aliphatic carbocycles. The van der Waals surface area contributed by atoms with Crippen LogP contribution in [0.15, 0.2) is 0 Å². The highest BCUT2D eigenvalue weighted by Gasteiger charge is 2.23. The Kier molecular flexibility index (Phi) is 4.32. The first-order chi connectivity index (χ1) is 8.72. The Hall–Kier alpha value is -1.41.